The van der Waals surface area contributed by atoms with Crippen molar-refractivity contribution in [3.8, 4) is 16.9 Å². The van der Waals surface area contributed by atoms with Crippen LogP contribution < -0.4 is 0 Å². The Morgan fingerprint density at radius 1 is 0.967 bits per heavy atom. The number of methoxy groups -OCH3 is 2. The quantitative estimate of drug-likeness (QED) is 0.464. The molecular weight excluding hydrogens is 408 g/mol. The number of hydrogen-bond acceptors (Lipinski definition) is 5. The first kappa shape index (κ1) is 21.0. The molecule has 0 radical (unpaired) electrons. The first-order valence-corrected chi connectivity index (χ1v) is 8.41. The molecule has 0 aliphatic carbocycles. The molecule has 156 valence electrons. The third-order valence-electron chi connectivity index (χ3n) is 4.20. The second-order valence-corrected chi connectivity index (χ2v) is 5.99. The van der Waals surface area contributed by atoms with E-state index < -0.39 is 52.0 Å². The Morgan fingerprint density at radius 3 is 2.17 bits per heavy atom. The average Bonchev–Trinajstić information content (AvgIpc) is 3.13. The zero-order valence-corrected chi connectivity index (χ0v) is 15.7. The molecule has 0 fully saturated rings. The molecule has 6 nitrogen and oxygen atoms in total. The van der Waals surface area contributed by atoms with Gasteiger partial charge in [-0.15, -0.1) is 0 Å². The molecule has 30 heavy (non-hydrogen) atoms. The van der Waals surface area contributed by atoms with Crippen molar-refractivity contribution in [3.63, 3.8) is 0 Å². The molecule has 10 heteroatoms. The number of rotatable bonds is 4. The molecule has 0 spiro atoms. The summed E-state index contributed by atoms with van der Waals surface area (Å²) >= 11 is 0. The van der Waals surface area contributed by atoms with Gasteiger partial charge in [-0.1, -0.05) is 18.2 Å². The highest BCUT2D eigenvalue weighted by atomic mass is 19.4. The van der Waals surface area contributed by atoms with E-state index in [1.165, 1.54) is 12.1 Å². The Kier molecular flexibility index (Phi) is 5.59. The first-order valence-electron chi connectivity index (χ1n) is 8.41. The van der Waals surface area contributed by atoms with E-state index in [1.54, 1.807) is 18.2 Å². The minimum atomic E-state index is -4.95. The number of carbonyl (C=O) groups is 2. The SMILES string of the molecule is COC(=O)c1c(-c2ccc(F)cc2C(F)(F)F)nn(-c2ccccc2)c1C(=O)OC. The van der Waals surface area contributed by atoms with Gasteiger partial charge in [0.15, 0.2) is 5.69 Å². The van der Waals surface area contributed by atoms with Crippen LogP contribution in [0.3, 0.4) is 0 Å². The van der Waals surface area contributed by atoms with Gasteiger partial charge in [0.25, 0.3) is 0 Å². The summed E-state index contributed by atoms with van der Waals surface area (Å²) in [6.07, 6.45) is -4.95. The van der Waals surface area contributed by atoms with Gasteiger partial charge in [0.2, 0.25) is 0 Å². The van der Waals surface area contributed by atoms with Gasteiger partial charge in [0, 0.05) is 5.56 Å². The third-order valence-corrected chi connectivity index (χ3v) is 4.20. The Labute approximate surface area is 167 Å². The molecule has 0 N–H and O–H groups in total. The predicted molar refractivity (Wildman–Crippen MR) is 96.6 cm³/mol. The maximum atomic E-state index is 13.6. The maximum Gasteiger partial charge on any atom is 0.417 e. The molecule has 3 rings (SSSR count). The van der Waals surface area contributed by atoms with E-state index in [9.17, 15) is 27.2 Å². The van der Waals surface area contributed by atoms with E-state index >= 15 is 0 Å². The van der Waals surface area contributed by atoms with Crippen LogP contribution in [0.25, 0.3) is 16.9 Å². The minimum Gasteiger partial charge on any atom is -0.465 e. The first-order chi connectivity index (χ1) is 14.2. The van der Waals surface area contributed by atoms with Crippen LogP contribution in [0.2, 0.25) is 0 Å². The third kappa shape index (κ3) is 3.76. The number of nitrogens with zero attached hydrogens (tertiary/aromatic N) is 2. The monoisotopic (exact) mass is 422 g/mol. The highest BCUT2D eigenvalue weighted by Crippen LogP contribution is 2.39. The van der Waals surface area contributed by atoms with E-state index in [-0.39, 0.29) is 11.8 Å². The van der Waals surface area contributed by atoms with E-state index in [4.69, 9.17) is 4.74 Å². The standard InChI is InChI=1S/C20H14F4N2O4/c1-29-18(27)15-16(13-9-8-11(21)10-14(13)20(22,23)24)25-26(17(15)19(28)30-2)12-6-4-3-5-7-12/h3-10H,1-2H3. The molecule has 0 amide bonds. The molecule has 2 aromatic carbocycles. The van der Waals surface area contributed by atoms with Gasteiger partial charge in [-0.3, -0.25) is 0 Å². The van der Waals surface area contributed by atoms with Crippen molar-refractivity contribution < 1.29 is 36.6 Å². The Hall–Kier alpha value is -3.69. The van der Waals surface area contributed by atoms with Gasteiger partial charge in [-0.25, -0.2) is 18.7 Å². The van der Waals surface area contributed by atoms with Gasteiger partial charge < -0.3 is 9.47 Å². The summed E-state index contributed by atoms with van der Waals surface area (Å²) < 4.78 is 64.7. The number of benzene rings is 2. The second kappa shape index (κ2) is 7.97. The van der Waals surface area contributed by atoms with Crippen LogP contribution in [-0.4, -0.2) is 35.9 Å². The highest BCUT2D eigenvalue weighted by Gasteiger charge is 2.38. The van der Waals surface area contributed by atoms with Crippen LogP contribution in [0.4, 0.5) is 17.6 Å². The lowest BCUT2D eigenvalue weighted by Gasteiger charge is -2.12. The fourth-order valence-electron chi connectivity index (χ4n) is 2.90. The summed E-state index contributed by atoms with van der Waals surface area (Å²) in [5.41, 5.74) is -3.14. The zero-order chi connectivity index (χ0) is 22.1. The molecule has 1 heterocycles. The smallest absolute Gasteiger partial charge is 0.417 e. The molecule has 1 aromatic heterocycles. The van der Waals surface area contributed by atoms with Crippen molar-refractivity contribution in [2.24, 2.45) is 0 Å². The van der Waals surface area contributed by atoms with Crippen LogP contribution in [0.5, 0.6) is 0 Å². The number of aromatic nitrogens is 2. The fourth-order valence-corrected chi connectivity index (χ4v) is 2.90. The average molecular weight is 422 g/mol. The van der Waals surface area contributed by atoms with Gasteiger partial charge in [-0.2, -0.15) is 18.3 Å². The maximum absolute atomic E-state index is 13.6. The van der Waals surface area contributed by atoms with Crippen LogP contribution in [-0.2, 0) is 15.7 Å². The van der Waals surface area contributed by atoms with E-state index in [1.807, 2.05) is 0 Å². The normalized spacial score (nSPS) is 11.3. The number of para-hydroxylation sites is 1. The van der Waals surface area contributed by atoms with E-state index in [0.717, 1.165) is 31.0 Å². The van der Waals surface area contributed by atoms with Crippen molar-refractivity contribution in [1.82, 2.24) is 9.78 Å². The van der Waals surface area contributed by atoms with Crippen molar-refractivity contribution in [3.05, 3.63) is 71.2 Å². The van der Waals surface area contributed by atoms with Crippen LogP contribution >= 0.6 is 0 Å². The minimum absolute atomic E-state index is 0.282. The predicted octanol–water partition coefficient (Wildman–Crippen LogP) is 4.27. The summed E-state index contributed by atoms with van der Waals surface area (Å²) in [4.78, 5) is 24.9. The molecule has 0 aliphatic rings. The molecule has 0 unspecified atom stereocenters. The summed E-state index contributed by atoms with van der Waals surface area (Å²) in [5, 5.41) is 4.09. The number of ether oxygens (including phenoxy) is 2. The largest absolute Gasteiger partial charge is 0.465 e. The number of esters is 2. The van der Waals surface area contributed by atoms with Crippen LogP contribution in [0, 0.1) is 5.82 Å². The molecule has 3 aromatic rings. The van der Waals surface area contributed by atoms with Crippen molar-refractivity contribution in [1.29, 1.82) is 0 Å². The number of carbonyl (C=O) groups excluding carboxylic acids is 2. The van der Waals surface area contributed by atoms with Crippen molar-refractivity contribution in [2.75, 3.05) is 14.2 Å². The van der Waals surface area contributed by atoms with Crippen molar-refractivity contribution in [2.45, 2.75) is 6.18 Å². The number of alkyl halides is 3. The molecule has 0 bridgehead atoms. The second-order valence-electron chi connectivity index (χ2n) is 5.99. The molecule has 0 saturated carbocycles. The van der Waals surface area contributed by atoms with Gasteiger partial charge in [-0.05, 0) is 30.3 Å². The lowest BCUT2D eigenvalue weighted by molar-refractivity contribution is -0.137. The highest BCUT2D eigenvalue weighted by molar-refractivity contribution is 6.07. The topological polar surface area (TPSA) is 70.4 Å². The number of hydrogen-bond donors (Lipinski definition) is 0. The molecule has 0 atom stereocenters. The molecular formula is C20H14F4N2O4. The molecule has 0 saturated heterocycles. The lowest BCUT2D eigenvalue weighted by Crippen LogP contribution is -2.15. The summed E-state index contributed by atoms with van der Waals surface area (Å²) in [7, 11) is 2.05. The Balaban J connectivity index is 2.44. The Morgan fingerprint density at radius 2 is 1.60 bits per heavy atom. The van der Waals surface area contributed by atoms with E-state index in [2.05, 4.69) is 9.84 Å². The van der Waals surface area contributed by atoms with Crippen LogP contribution in [0.15, 0.2) is 48.5 Å². The van der Waals surface area contributed by atoms with Crippen LogP contribution in [0.1, 0.15) is 26.4 Å². The lowest BCUT2D eigenvalue weighted by atomic mass is 9.99. The van der Waals surface area contributed by atoms with Gasteiger partial charge in [0.1, 0.15) is 17.1 Å². The van der Waals surface area contributed by atoms with Gasteiger partial charge in [0.05, 0.1) is 25.5 Å². The Bertz CT molecular complexity index is 1110. The zero-order valence-electron chi connectivity index (χ0n) is 15.7. The number of halogens is 4. The van der Waals surface area contributed by atoms with E-state index in [0.29, 0.717) is 0 Å². The van der Waals surface area contributed by atoms with Gasteiger partial charge >= 0.3 is 18.1 Å². The van der Waals surface area contributed by atoms with Crippen molar-refractivity contribution >= 4 is 11.9 Å². The summed E-state index contributed by atoms with van der Waals surface area (Å²) in [6.45, 7) is 0. The fraction of sp³-hybridized carbons (Fsp3) is 0.150. The summed E-state index contributed by atoms with van der Waals surface area (Å²) in [5.74, 6) is -3.25. The summed E-state index contributed by atoms with van der Waals surface area (Å²) in [6, 6.07) is 9.86. The molecule has 0 aliphatic heterocycles.